The third-order valence-electron chi connectivity index (χ3n) is 5.79. The average Bonchev–Trinajstić information content (AvgIpc) is 3.25. The summed E-state index contributed by atoms with van der Waals surface area (Å²) in [5.74, 6) is -4.55. The number of hydrogen-bond acceptors (Lipinski definition) is 6. The second kappa shape index (κ2) is 8.47. The number of hydrogen-bond donors (Lipinski definition) is 4. The highest BCUT2D eigenvalue weighted by Gasteiger charge is 2.29. The number of aromatic amines is 1. The summed E-state index contributed by atoms with van der Waals surface area (Å²) >= 11 is 0. The molecule has 1 aliphatic heterocycles. The summed E-state index contributed by atoms with van der Waals surface area (Å²) in [5.41, 5.74) is 0.0306. The van der Waals surface area contributed by atoms with Gasteiger partial charge in [-0.05, 0) is 25.1 Å². The number of nitrogens with one attached hydrogen (secondary N) is 3. The molecule has 180 valence electrons. The second-order valence-corrected chi connectivity index (χ2v) is 8.14. The maximum atomic E-state index is 14.2. The van der Waals surface area contributed by atoms with Crippen molar-refractivity contribution in [3.05, 3.63) is 63.9 Å². The molecule has 0 fully saturated rings. The van der Waals surface area contributed by atoms with Crippen LogP contribution in [0.1, 0.15) is 23.3 Å². The number of carbonyl (C=O) groups excluding carboxylic acids is 2. The molecule has 0 saturated heterocycles. The Morgan fingerprint density at radius 1 is 1.34 bits per heavy atom. The number of amides is 2. The molecule has 2 aromatic carbocycles. The van der Waals surface area contributed by atoms with Crippen molar-refractivity contribution in [1.29, 1.82) is 0 Å². The average molecular weight is 483 g/mol. The standard InChI is InChI=1S/C23H19F2N5O5/c1-10-9-35-20-17(25)13(24)6-11-18(20)30(10)7-12(19(11)32)21(33)26-16(8-31)22(34)29-23-27-14-4-2-3-5-15(14)28-23/h2-7,10,16,31H,8-9H2,1H3,(H,26,33)(H2,27,28,29,34)/t10?,16-/m0/s1. The number of ether oxygens (including phenoxy) is 1. The summed E-state index contributed by atoms with van der Waals surface area (Å²) in [6, 6.07) is 5.95. The van der Waals surface area contributed by atoms with Gasteiger partial charge >= 0.3 is 0 Å². The van der Waals surface area contributed by atoms with Crippen LogP contribution in [-0.2, 0) is 4.79 Å². The van der Waals surface area contributed by atoms with Gasteiger partial charge in [0.15, 0.2) is 11.6 Å². The Labute approximate surface area is 195 Å². The van der Waals surface area contributed by atoms with E-state index in [0.29, 0.717) is 17.1 Å². The van der Waals surface area contributed by atoms with Crippen LogP contribution in [0.4, 0.5) is 14.7 Å². The van der Waals surface area contributed by atoms with E-state index in [-0.39, 0.29) is 23.5 Å². The van der Waals surface area contributed by atoms with Gasteiger partial charge in [-0.25, -0.2) is 9.37 Å². The summed E-state index contributed by atoms with van der Waals surface area (Å²) in [6.07, 6.45) is 1.21. The maximum absolute atomic E-state index is 14.2. The molecular formula is C23H19F2N5O5. The number of aliphatic hydroxyl groups excluding tert-OH is 1. The molecule has 1 aliphatic rings. The zero-order valence-corrected chi connectivity index (χ0v) is 18.3. The second-order valence-electron chi connectivity index (χ2n) is 8.14. The highest BCUT2D eigenvalue weighted by atomic mass is 19.2. The van der Waals surface area contributed by atoms with E-state index in [9.17, 15) is 28.3 Å². The first kappa shape index (κ1) is 22.5. The number of pyridine rings is 1. The fraction of sp³-hybridized carbons (Fsp3) is 0.217. The minimum Gasteiger partial charge on any atom is -0.486 e. The van der Waals surface area contributed by atoms with E-state index in [2.05, 4.69) is 20.6 Å². The Morgan fingerprint density at radius 2 is 2.11 bits per heavy atom. The minimum absolute atomic E-state index is 0.00836. The number of carbonyl (C=O) groups is 2. The molecule has 2 amide bonds. The number of anilines is 1. The summed E-state index contributed by atoms with van der Waals surface area (Å²) in [4.78, 5) is 45.7. The van der Waals surface area contributed by atoms with Gasteiger partial charge in [0.1, 0.15) is 18.2 Å². The van der Waals surface area contributed by atoms with Gasteiger partial charge in [0.2, 0.25) is 17.2 Å². The Kier molecular flexibility index (Phi) is 5.44. The van der Waals surface area contributed by atoms with Crippen molar-refractivity contribution in [3.63, 3.8) is 0 Å². The fourth-order valence-electron chi connectivity index (χ4n) is 4.00. The van der Waals surface area contributed by atoms with Crippen molar-refractivity contribution in [3.8, 4) is 5.75 Å². The molecular weight excluding hydrogens is 464 g/mol. The molecule has 10 nitrogen and oxygen atoms in total. The van der Waals surface area contributed by atoms with Gasteiger partial charge in [-0.1, -0.05) is 12.1 Å². The molecule has 35 heavy (non-hydrogen) atoms. The quantitative estimate of drug-likeness (QED) is 0.342. The Balaban J connectivity index is 1.45. The van der Waals surface area contributed by atoms with Gasteiger partial charge in [0.05, 0.1) is 34.6 Å². The predicted molar refractivity (Wildman–Crippen MR) is 121 cm³/mol. The van der Waals surface area contributed by atoms with Crippen molar-refractivity contribution in [2.45, 2.75) is 19.0 Å². The van der Waals surface area contributed by atoms with Crippen LogP contribution in [0.3, 0.4) is 0 Å². The Morgan fingerprint density at radius 3 is 2.86 bits per heavy atom. The van der Waals surface area contributed by atoms with Gasteiger partial charge < -0.3 is 24.7 Å². The van der Waals surface area contributed by atoms with Gasteiger partial charge in [-0.2, -0.15) is 4.39 Å². The Hall–Kier alpha value is -4.32. The summed E-state index contributed by atoms with van der Waals surface area (Å²) in [6.45, 7) is 0.937. The van der Waals surface area contributed by atoms with E-state index in [1.165, 1.54) is 10.8 Å². The number of para-hydroxylation sites is 2. The number of H-pyrrole nitrogens is 1. The van der Waals surface area contributed by atoms with Crippen LogP contribution in [-0.4, -0.2) is 50.7 Å². The summed E-state index contributed by atoms with van der Waals surface area (Å²) in [5, 5.41) is 14.2. The van der Waals surface area contributed by atoms with Crippen LogP contribution in [0.2, 0.25) is 0 Å². The lowest BCUT2D eigenvalue weighted by molar-refractivity contribution is -0.118. The topological polar surface area (TPSA) is 138 Å². The molecule has 2 atom stereocenters. The number of halogens is 2. The molecule has 0 aliphatic carbocycles. The van der Waals surface area contributed by atoms with Gasteiger partial charge in [-0.3, -0.25) is 19.7 Å². The first-order chi connectivity index (χ1) is 16.8. The first-order valence-corrected chi connectivity index (χ1v) is 10.7. The van der Waals surface area contributed by atoms with Crippen LogP contribution < -0.4 is 20.8 Å². The molecule has 5 rings (SSSR count). The Bertz CT molecular complexity index is 1530. The van der Waals surface area contributed by atoms with Crippen LogP contribution in [0.5, 0.6) is 5.75 Å². The largest absolute Gasteiger partial charge is 0.486 e. The molecule has 0 spiro atoms. The zero-order valence-electron chi connectivity index (χ0n) is 18.3. The molecule has 1 unspecified atom stereocenters. The fourth-order valence-corrected chi connectivity index (χ4v) is 4.00. The van der Waals surface area contributed by atoms with Crippen molar-refractivity contribution in [2.75, 3.05) is 18.5 Å². The molecule has 0 bridgehead atoms. The molecule has 2 aromatic heterocycles. The van der Waals surface area contributed by atoms with Crippen molar-refractivity contribution in [1.82, 2.24) is 19.9 Å². The highest BCUT2D eigenvalue weighted by Crippen LogP contribution is 2.35. The molecule has 4 N–H and O–H groups in total. The molecule has 4 aromatic rings. The van der Waals surface area contributed by atoms with Crippen molar-refractivity contribution >= 4 is 39.7 Å². The molecule has 0 radical (unpaired) electrons. The number of benzene rings is 2. The maximum Gasteiger partial charge on any atom is 0.257 e. The predicted octanol–water partition coefficient (Wildman–Crippen LogP) is 1.84. The van der Waals surface area contributed by atoms with E-state index in [1.807, 2.05) is 0 Å². The van der Waals surface area contributed by atoms with Crippen LogP contribution in [0, 0.1) is 11.6 Å². The number of rotatable bonds is 5. The van der Waals surface area contributed by atoms with Gasteiger partial charge in [0, 0.05) is 6.20 Å². The van der Waals surface area contributed by atoms with E-state index < -0.39 is 58.9 Å². The van der Waals surface area contributed by atoms with E-state index in [0.717, 1.165) is 0 Å². The third kappa shape index (κ3) is 3.77. The molecule has 0 saturated carbocycles. The van der Waals surface area contributed by atoms with Crippen LogP contribution in [0.15, 0.2) is 41.3 Å². The number of nitrogens with zero attached hydrogens (tertiary/aromatic N) is 2. The number of imidazole rings is 1. The highest BCUT2D eigenvalue weighted by molar-refractivity contribution is 6.02. The van der Waals surface area contributed by atoms with Crippen molar-refractivity contribution in [2.24, 2.45) is 0 Å². The van der Waals surface area contributed by atoms with Crippen LogP contribution in [0.25, 0.3) is 21.9 Å². The van der Waals surface area contributed by atoms with E-state index in [1.54, 1.807) is 31.2 Å². The van der Waals surface area contributed by atoms with Crippen LogP contribution >= 0.6 is 0 Å². The number of fused-ring (bicyclic) bond motifs is 1. The summed E-state index contributed by atoms with van der Waals surface area (Å²) < 4.78 is 35.1. The molecule has 3 heterocycles. The first-order valence-electron chi connectivity index (χ1n) is 10.7. The van der Waals surface area contributed by atoms with Crippen molar-refractivity contribution < 1.29 is 28.2 Å². The summed E-state index contributed by atoms with van der Waals surface area (Å²) in [7, 11) is 0. The lowest BCUT2D eigenvalue weighted by Gasteiger charge is -2.27. The normalized spacial score (nSPS) is 15.6. The molecule has 12 heteroatoms. The van der Waals surface area contributed by atoms with Gasteiger partial charge in [0.25, 0.3) is 11.8 Å². The monoisotopic (exact) mass is 483 g/mol. The minimum atomic E-state index is -1.42. The smallest absolute Gasteiger partial charge is 0.257 e. The van der Waals surface area contributed by atoms with Gasteiger partial charge in [-0.15, -0.1) is 0 Å². The number of aliphatic hydroxyl groups is 1. The van der Waals surface area contributed by atoms with E-state index in [4.69, 9.17) is 4.74 Å². The lowest BCUT2D eigenvalue weighted by Crippen LogP contribution is -2.47. The number of aromatic nitrogens is 3. The van der Waals surface area contributed by atoms with E-state index >= 15 is 0 Å². The third-order valence-corrected chi connectivity index (χ3v) is 5.79. The lowest BCUT2D eigenvalue weighted by atomic mass is 10.1. The zero-order chi connectivity index (χ0) is 24.9. The SMILES string of the molecule is CC1COc2c(F)c(F)cc3c(=O)c(C(=O)N[C@@H](CO)C(=O)Nc4nc5ccccc5[nH]4)cn1c23.